The first-order valence-corrected chi connectivity index (χ1v) is 10.9. The van der Waals surface area contributed by atoms with Crippen molar-refractivity contribution in [2.24, 2.45) is 0 Å². The Morgan fingerprint density at radius 1 is 1.07 bits per heavy atom. The van der Waals surface area contributed by atoms with Gasteiger partial charge in [0.25, 0.3) is 0 Å². The van der Waals surface area contributed by atoms with Gasteiger partial charge < -0.3 is 13.9 Å². The van der Waals surface area contributed by atoms with Gasteiger partial charge in [0, 0.05) is 22.2 Å². The zero-order valence-electron chi connectivity index (χ0n) is 15.8. The number of ether oxygens (including phenoxy) is 2. The van der Waals surface area contributed by atoms with Gasteiger partial charge in [-0.05, 0) is 59.8 Å². The van der Waals surface area contributed by atoms with Gasteiger partial charge in [-0.25, -0.2) is 4.79 Å². The monoisotopic (exact) mass is 498 g/mol. The molecule has 4 rings (SSSR count). The molecule has 150 valence electrons. The summed E-state index contributed by atoms with van der Waals surface area (Å²) < 4.78 is 18.6. The molecule has 1 heterocycles. The third kappa shape index (κ3) is 4.70. The first-order valence-electron chi connectivity index (χ1n) is 8.89. The minimum atomic E-state index is -0.473. The first-order chi connectivity index (χ1) is 14.5. The van der Waals surface area contributed by atoms with Crippen molar-refractivity contribution in [2.45, 2.75) is 0 Å². The quantitative estimate of drug-likeness (QED) is 0.125. The molecule has 3 aromatic carbocycles. The third-order valence-electron chi connectivity index (χ3n) is 4.31. The molecule has 0 aliphatic carbocycles. The number of carbonyl (C=O) groups excluding carboxylic acids is 1. The second-order valence-corrected chi connectivity index (χ2v) is 8.85. The molecule has 1 aromatic heterocycles. The van der Waals surface area contributed by atoms with E-state index >= 15 is 0 Å². The minimum absolute atomic E-state index is 0.422. The van der Waals surface area contributed by atoms with Crippen LogP contribution in [0.2, 0.25) is 0 Å². The Bertz CT molecular complexity index is 1290. The molecule has 0 N–H and O–H groups in total. The van der Waals surface area contributed by atoms with Crippen LogP contribution in [0.3, 0.4) is 0 Å². The molecule has 0 saturated heterocycles. The number of hydrogen-bond donors (Lipinski definition) is 0. The second-order valence-electron chi connectivity index (χ2n) is 6.29. The largest absolute Gasteiger partial charge is 0.497 e. The molecule has 0 saturated carbocycles. The van der Waals surface area contributed by atoms with E-state index in [1.807, 2.05) is 48.5 Å². The van der Waals surface area contributed by atoms with Crippen LogP contribution in [-0.2, 0) is 4.79 Å². The number of fused-ring (bicyclic) bond motifs is 1. The second kappa shape index (κ2) is 8.95. The van der Waals surface area contributed by atoms with Crippen LogP contribution in [-0.4, -0.2) is 13.1 Å². The predicted octanol–water partition coefficient (Wildman–Crippen LogP) is 7.28. The topological polar surface area (TPSA) is 48.7 Å². The highest BCUT2D eigenvalue weighted by Crippen LogP contribution is 2.37. The summed E-state index contributed by atoms with van der Waals surface area (Å²) in [5, 5.41) is 0. The van der Waals surface area contributed by atoms with Crippen molar-refractivity contribution in [3.63, 3.8) is 0 Å². The maximum absolute atomic E-state index is 12.4. The van der Waals surface area contributed by atoms with Crippen LogP contribution >= 0.6 is 39.5 Å². The Morgan fingerprint density at radius 3 is 2.50 bits per heavy atom. The number of esters is 1. The Hall–Kier alpha value is -2.74. The zero-order chi connectivity index (χ0) is 21.1. The van der Waals surface area contributed by atoms with Gasteiger partial charge in [-0.1, -0.05) is 51.5 Å². The van der Waals surface area contributed by atoms with Crippen molar-refractivity contribution in [1.82, 2.24) is 0 Å². The van der Waals surface area contributed by atoms with Crippen molar-refractivity contribution < 1.29 is 18.7 Å². The van der Waals surface area contributed by atoms with Crippen LogP contribution in [0.4, 0.5) is 0 Å². The number of methoxy groups -OCH3 is 1. The van der Waals surface area contributed by atoms with Crippen molar-refractivity contribution in [3.8, 4) is 22.6 Å². The van der Waals surface area contributed by atoms with E-state index in [-0.39, 0.29) is 0 Å². The fourth-order valence-corrected chi connectivity index (χ4v) is 4.23. The number of carbonyl (C=O) groups is 1. The van der Waals surface area contributed by atoms with E-state index in [9.17, 15) is 4.79 Å². The minimum Gasteiger partial charge on any atom is -0.497 e. The normalized spacial score (nSPS) is 11.1. The average molecular weight is 499 g/mol. The van der Waals surface area contributed by atoms with Crippen LogP contribution in [0.5, 0.6) is 11.5 Å². The smallest absolute Gasteiger partial charge is 0.336 e. The lowest BCUT2D eigenvalue weighted by molar-refractivity contribution is -0.128. The highest BCUT2D eigenvalue weighted by atomic mass is 79.9. The summed E-state index contributed by atoms with van der Waals surface area (Å²) in [5.41, 5.74) is 3.30. The average Bonchev–Trinajstić information content (AvgIpc) is 3.12. The third-order valence-corrected chi connectivity index (χ3v) is 5.94. The van der Waals surface area contributed by atoms with Gasteiger partial charge in [-0.2, -0.15) is 0 Å². The molecule has 0 unspecified atom stereocenters. The molecular weight excluding hydrogens is 484 g/mol. The van der Waals surface area contributed by atoms with Crippen LogP contribution in [0.1, 0.15) is 5.56 Å². The molecule has 0 aliphatic heterocycles. The lowest BCUT2D eigenvalue weighted by Crippen LogP contribution is -2.03. The summed E-state index contributed by atoms with van der Waals surface area (Å²) in [6, 6.07) is 18.7. The molecular formula is C23H15BrO4S2. The number of rotatable bonds is 5. The van der Waals surface area contributed by atoms with E-state index < -0.39 is 5.97 Å². The molecule has 0 spiro atoms. The standard InChI is InChI=1S/C23H15BrO4S2/c1-26-17-9-2-14(3-10-17)4-11-21(25)27-18-12-19(15-5-7-16(24)8-6-15)22-20(13-18)30-23(29)28-22/h2-13H,1H3. The summed E-state index contributed by atoms with van der Waals surface area (Å²) in [4.78, 5) is 12.4. The van der Waals surface area contributed by atoms with Gasteiger partial charge in [0.05, 0.1) is 11.8 Å². The molecule has 4 aromatic rings. The Kier molecular flexibility index (Phi) is 6.13. The van der Waals surface area contributed by atoms with E-state index in [1.54, 1.807) is 25.3 Å². The summed E-state index contributed by atoms with van der Waals surface area (Å²) in [7, 11) is 1.61. The highest BCUT2D eigenvalue weighted by molar-refractivity contribution is 9.10. The highest BCUT2D eigenvalue weighted by Gasteiger charge is 2.13. The predicted molar refractivity (Wildman–Crippen MR) is 126 cm³/mol. The van der Waals surface area contributed by atoms with Crippen molar-refractivity contribution in [1.29, 1.82) is 0 Å². The molecule has 0 atom stereocenters. The lowest BCUT2D eigenvalue weighted by atomic mass is 10.0. The Balaban J connectivity index is 1.62. The van der Waals surface area contributed by atoms with E-state index in [1.165, 1.54) is 17.4 Å². The van der Waals surface area contributed by atoms with Gasteiger partial charge in [-0.3, -0.25) is 0 Å². The number of halogens is 1. The molecule has 0 radical (unpaired) electrons. The van der Waals surface area contributed by atoms with Crippen LogP contribution < -0.4 is 9.47 Å². The van der Waals surface area contributed by atoms with Gasteiger partial charge in [0.1, 0.15) is 11.5 Å². The van der Waals surface area contributed by atoms with Crippen molar-refractivity contribution in [2.75, 3.05) is 7.11 Å². The number of hydrogen-bond acceptors (Lipinski definition) is 6. The van der Waals surface area contributed by atoms with Crippen molar-refractivity contribution >= 4 is 61.8 Å². The molecule has 30 heavy (non-hydrogen) atoms. The van der Waals surface area contributed by atoms with E-state index in [0.29, 0.717) is 15.4 Å². The Labute approximate surface area is 190 Å². The summed E-state index contributed by atoms with van der Waals surface area (Å²) in [5.74, 6) is 0.710. The maximum atomic E-state index is 12.4. The summed E-state index contributed by atoms with van der Waals surface area (Å²) >= 11 is 9.98. The molecule has 0 amide bonds. The van der Waals surface area contributed by atoms with Gasteiger partial charge in [0.2, 0.25) is 4.02 Å². The summed E-state index contributed by atoms with van der Waals surface area (Å²) in [6.07, 6.45) is 3.08. The van der Waals surface area contributed by atoms with Gasteiger partial charge >= 0.3 is 5.97 Å². The maximum Gasteiger partial charge on any atom is 0.336 e. The van der Waals surface area contributed by atoms with Crippen LogP contribution in [0, 0.1) is 4.02 Å². The SMILES string of the molecule is COc1ccc(C=CC(=O)Oc2cc(-c3ccc(Br)cc3)c3oc(=S)sc3c2)cc1. The van der Waals surface area contributed by atoms with E-state index in [0.717, 1.165) is 31.6 Å². The molecule has 0 bridgehead atoms. The van der Waals surface area contributed by atoms with E-state index in [4.69, 9.17) is 26.1 Å². The van der Waals surface area contributed by atoms with Crippen LogP contribution in [0.15, 0.2) is 75.6 Å². The lowest BCUT2D eigenvalue weighted by Gasteiger charge is -2.07. The molecule has 0 fully saturated rings. The Morgan fingerprint density at radius 2 is 1.80 bits per heavy atom. The fourth-order valence-electron chi connectivity index (χ4n) is 2.88. The fraction of sp³-hybridized carbons (Fsp3) is 0.0435. The van der Waals surface area contributed by atoms with E-state index in [2.05, 4.69) is 15.9 Å². The number of benzene rings is 3. The van der Waals surface area contributed by atoms with Gasteiger partial charge in [-0.15, -0.1) is 0 Å². The van der Waals surface area contributed by atoms with Gasteiger partial charge in [0.15, 0.2) is 5.58 Å². The summed E-state index contributed by atoms with van der Waals surface area (Å²) in [6.45, 7) is 0. The first kappa shape index (κ1) is 20.5. The van der Waals surface area contributed by atoms with Crippen molar-refractivity contribution in [3.05, 3.63) is 80.8 Å². The van der Waals surface area contributed by atoms with Crippen LogP contribution in [0.25, 0.3) is 27.5 Å². The molecule has 7 heteroatoms. The molecule has 0 aliphatic rings. The molecule has 4 nitrogen and oxygen atoms in total. The zero-order valence-corrected chi connectivity index (χ0v) is 19.0.